The lowest BCUT2D eigenvalue weighted by molar-refractivity contribution is -0.141. The van der Waals surface area contributed by atoms with E-state index >= 15 is 0 Å². The Bertz CT molecular complexity index is 901. The van der Waals surface area contributed by atoms with E-state index in [9.17, 15) is 9.59 Å². The molecule has 0 unspecified atom stereocenters. The maximum absolute atomic E-state index is 13.3. The zero-order chi connectivity index (χ0) is 22.2. The fraction of sp³-hybridized carbons (Fsp3) is 0.417. The molecule has 1 atom stereocenters. The summed E-state index contributed by atoms with van der Waals surface area (Å²) >= 11 is 6.00. The molecule has 2 amide bonds. The molecule has 0 saturated carbocycles. The van der Waals surface area contributed by atoms with Crippen molar-refractivity contribution in [3.05, 3.63) is 58.6 Å². The molecule has 6 nitrogen and oxygen atoms in total. The Balaban J connectivity index is 1.73. The van der Waals surface area contributed by atoms with Crippen LogP contribution in [0.5, 0.6) is 11.5 Å². The van der Waals surface area contributed by atoms with Gasteiger partial charge in [-0.05, 0) is 54.7 Å². The predicted octanol–water partition coefficient (Wildman–Crippen LogP) is 4.33. The molecule has 31 heavy (non-hydrogen) atoms. The van der Waals surface area contributed by atoms with Gasteiger partial charge in [0, 0.05) is 24.5 Å². The minimum atomic E-state index is -0.522. The second-order valence-corrected chi connectivity index (χ2v) is 7.99. The number of carbonyl (C=O) groups is 2. The van der Waals surface area contributed by atoms with Crippen molar-refractivity contribution in [1.29, 1.82) is 0 Å². The highest BCUT2D eigenvalue weighted by atomic mass is 35.5. The number of hydrogen-bond acceptors (Lipinski definition) is 4. The van der Waals surface area contributed by atoms with Crippen molar-refractivity contribution in [2.24, 2.45) is 0 Å². The van der Waals surface area contributed by atoms with E-state index in [0.29, 0.717) is 43.1 Å². The number of amides is 2. The average molecular weight is 445 g/mol. The minimum Gasteiger partial charge on any atom is -0.454 e. The van der Waals surface area contributed by atoms with Crippen molar-refractivity contribution in [3.8, 4) is 11.5 Å². The van der Waals surface area contributed by atoms with Gasteiger partial charge in [0.1, 0.15) is 6.04 Å². The van der Waals surface area contributed by atoms with Crippen molar-refractivity contribution in [1.82, 2.24) is 10.2 Å². The fourth-order valence-corrected chi connectivity index (χ4v) is 3.69. The first-order valence-electron chi connectivity index (χ1n) is 10.7. The van der Waals surface area contributed by atoms with E-state index in [1.54, 1.807) is 17.0 Å². The van der Waals surface area contributed by atoms with Crippen LogP contribution >= 0.6 is 11.6 Å². The van der Waals surface area contributed by atoms with Crippen LogP contribution in [-0.4, -0.2) is 36.1 Å². The van der Waals surface area contributed by atoms with Crippen LogP contribution in [0.15, 0.2) is 42.5 Å². The van der Waals surface area contributed by atoms with Crippen LogP contribution in [0, 0.1) is 0 Å². The molecule has 0 aliphatic carbocycles. The van der Waals surface area contributed by atoms with Gasteiger partial charge in [0.2, 0.25) is 18.6 Å². The molecule has 0 spiro atoms. The monoisotopic (exact) mass is 444 g/mol. The molecule has 0 radical (unpaired) electrons. The zero-order valence-electron chi connectivity index (χ0n) is 18.0. The molecule has 2 aromatic carbocycles. The van der Waals surface area contributed by atoms with Gasteiger partial charge in [0.05, 0.1) is 0 Å². The summed E-state index contributed by atoms with van der Waals surface area (Å²) in [5.41, 5.74) is 1.93. The van der Waals surface area contributed by atoms with Gasteiger partial charge >= 0.3 is 0 Å². The first-order valence-corrected chi connectivity index (χ1v) is 11.1. The summed E-state index contributed by atoms with van der Waals surface area (Å²) in [4.78, 5) is 27.7. The third kappa shape index (κ3) is 6.14. The van der Waals surface area contributed by atoms with E-state index in [0.717, 1.165) is 23.3 Å². The van der Waals surface area contributed by atoms with Crippen molar-refractivity contribution in [2.75, 3.05) is 13.3 Å². The highest BCUT2D eigenvalue weighted by Crippen LogP contribution is 2.32. The van der Waals surface area contributed by atoms with Gasteiger partial charge < -0.3 is 19.7 Å². The van der Waals surface area contributed by atoms with E-state index in [2.05, 4.69) is 5.32 Å². The lowest BCUT2D eigenvalue weighted by Crippen LogP contribution is -2.49. The van der Waals surface area contributed by atoms with Gasteiger partial charge in [-0.25, -0.2) is 0 Å². The highest BCUT2D eigenvalue weighted by Gasteiger charge is 2.28. The standard InChI is InChI=1S/C24H29ClN2O4/c1-3-13-26-24(29)20(4-2)27(15-18-5-9-19(25)10-6-18)23(28)12-8-17-7-11-21-22(14-17)31-16-30-21/h5-7,9-11,14,20H,3-4,8,12-13,15-16H2,1-2H3,(H,26,29)/t20-/m1/s1. The Morgan fingerprint density at radius 3 is 2.48 bits per heavy atom. The van der Waals surface area contributed by atoms with Crippen LogP contribution in [0.1, 0.15) is 44.2 Å². The average Bonchev–Trinajstić information content (AvgIpc) is 3.25. The number of aryl methyl sites for hydroxylation is 1. The fourth-order valence-electron chi connectivity index (χ4n) is 3.56. The van der Waals surface area contributed by atoms with Crippen molar-refractivity contribution in [2.45, 2.75) is 52.1 Å². The zero-order valence-corrected chi connectivity index (χ0v) is 18.8. The summed E-state index contributed by atoms with van der Waals surface area (Å²) in [5.74, 6) is 1.24. The second kappa shape index (κ2) is 11.0. The largest absolute Gasteiger partial charge is 0.454 e. The van der Waals surface area contributed by atoms with Crippen LogP contribution in [0.25, 0.3) is 0 Å². The molecule has 0 bridgehead atoms. The Kier molecular flexibility index (Phi) is 8.18. The number of nitrogens with zero attached hydrogens (tertiary/aromatic N) is 1. The van der Waals surface area contributed by atoms with E-state index in [4.69, 9.17) is 21.1 Å². The quantitative estimate of drug-likeness (QED) is 0.592. The molecule has 0 fully saturated rings. The van der Waals surface area contributed by atoms with Crippen LogP contribution < -0.4 is 14.8 Å². The summed E-state index contributed by atoms with van der Waals surface area (Å²) in [5, 5.41) is 3.57. The predicted molar refractivity (Wildman–Crippen MR) is 120 cm³/mol. The summed E-state index contributed by atoms with van der Waals surface area (Å²) in [6.07, 6.45) is 2.24. The van der Waals surface area contributed by atoms with E-state index in [1.165, 1.54) is 0 Å². The first-order chi connectivity index (χ1) is 15.0. The van der Waals surface area contributed by atoms with Crippen LogP contribution in [0.3, 0.4) is 0 Å². The van der Waals surface area contributed by atoms with Crippen LogP contribution in [0.4, 0.5) is 0 Å². The van der Waals surface area contributed by atoms with Crippen LogP contribution in [0.2, 0.25) is 5.02 Å². The molecule has 2 aromatic rings. The number of halogens is 1. The van der Waals surface area contributed by atoms with Gasteiger partial charge in [-0.15, -0.1) is 0 Å². The molecule has 0 aromatic heterocycles. The summed E-state index contributed by atoms with van der Waals surface area (Å²) in [6.45, 7) is 5.10. The number of benzene rings is 2. The Morgan fingerprint density at radius 2 is 1.77 bits per heavy atom. The number of ether oxygens (including phenoxy) is 2. The van der Waals surface area contributed by atoms with Gasteiger partial charge in [-0.1, -0.05) is 43.6 Å². The normalized spacial score (nSPS) is 13.0. The molecule has 0 saturated heterocycles. The molecule has 1 aliphatic heterocycles. The van der Waals surface area contributed by atoms with Crippen LogP contribution in [-0.2, 0) is 22.6 Å². The molecule has 1 N–H and O–H groups in total. The van der Waals surface area contributed by atoms with E-state index in [1.807, 2.05) is 44.2 Å². The van der Waals surface area contributed by atoms with E-state index < -0.39 is 6.04 Å². The molecule has 3 rings (SSSR count). The van der Waals surface area contributed by atoms with Gasteiger partial charge in [0.25, 0.3) is 0 Å². The third-order valence-electron chi connectivity index (χ3n) is 5.27. The van der Waals surface area contributed by atoms with Crippen molar-refractivity contribution in [3.63, 3.8) is 0 Å². The SMILES string of the molecule is CCCNC(=O)[C@@H](CC)N(Cc1ccc(Cl)cc1)C(=O)CCc1ccc2c(c1)OCO2. The lowest BCUT2D eigenvalue weighted by Gasteiger charge is -2.30. The maximum Gasteiger partial charge on any atom is 0.242 e. The summed E-state index contributed by atoms with van der Waals surface area (Å²) in [6, 6.07) is 12.6. The maximum atomic E-state index is 13.3. The van der Waals surface area contributed by atoms with Gasteiger partial charge in [-0.2, -0.15) is 0 Å². The van der Waals surface area contributed by atoms with Crippen molar-refractivity contribution < 1.29 is 19.1 Å². The van der Waals surface area contributed by atoms with Crippen molar-refractivity contribution >= 4 is 23.4 Å². The minimum absolute atomic E-state index is 0.0638. The first kappa shape index (κ1) is 22.9. The molecule has 166 valence electrons. The highest BCUT2D eigenvalue weighted by molar-refractivity contribution is 6.30. The molecular weight excluding hydrogens is 416 g/mol. The lowest BCUT2D eigenvalue weighted by atomic mass is 10.1. The van der Waals surface area contributed by atoms with E-state index in [-0.39, 0.29) is 18.6 Å². The van der Waals surface area contributed by atoms with Gasteiger partial charge in [-0.3, -0.25) is 9.59 Å². The topological polar surface area (TPSA) is 67.9 Å². The summed E-state index contributed by atoms with van der Waals surface area (Å²) < 4.78 is 10.8. The number of carbonyl (C=O) groups excluding carboxylic acids is 2. The van der Waals surface area contributed by atoms with Gasteiger partial charge in [0.15, 0.2) is 11.5 Å². The number of fused-ring (bicyclic) bond motifs is 1. The Morgan fingerprint density at radius 1 is 1.06 bits per heavy atom. The number of nitrogens with one attached hydrogen (secondary N) is 1. The smallest absolute Gasteiger partial charge is 0.242 e. The Labute approximate surface area is 188 Å². The molecule has 1 aliphatic rings. The molecule has 7 heteroatoms. The number of hydrogen-bond donors (Lipinski definition) is 1. The summed E-state index contributed by atoms with van der Waals surface area (Å²) in [7, 11) is 0. The molecule has 1 heterocycles. The Hall–Kier alpha value is -2.73. The number of rotatable bonds is 10. The molecular formula is C24H29ClN2O4. The second-order valence-electron chi connectivity index (χ2n) is 7.55. The third-order valence-corrected chi connectivity index (χ3v) is 5.52.